The number of hydrazine groups is 1. The van der Waals surface area contributed by atoms with E-state index in [1.165, 1.54) is 0 Å². The van der Waals surface area contributed by atoms with Crippen LogP contribution in [0.5, 0.6) is 0 Å². The van der Waals surface area contributed by atoms with Gasteiger partial charge in [-0.15, -0.1) is 0 Å². The molecule has 1 aromatic carbocycles. The molecule has 1 amide bonds. The number of benzene rings is 1. The highest BCUT2D eigenvalue weighted by Gasteiger charge is 2.16. The molecule has 0 radical (unpaired) electrons. The molecule has 6 nitrogen and oxygen atoms in total. The van der Waals surface area contributed by atoms with E-state index in [0.717, 1.165) is 12.0 Å². The van der Waals surface area contributed by atoms with Gasteiger partial charge in [-0.3, -0.25) is 10.2 Å². The van der Waals surface area contributed by atoms with Crippen LogP contribution in [0.15, 0.2) is 36.4 Å². The molecule has 0 aliphatic heterocycles. The van der Waals surface area contributed by atoms with E-state index in [-0.39, 0.29) is 5.91 Å². The summed E-state index contributed by atoms with van der Waals surface area (Å²) in [5.41, 5.74) is 4.91. The highest BCUT2D eigenvalue weighted by molar-refractivity contribution is 6.59. The molecule has 120 valence electrons. The fourth-order valence-corrected chi connectivity index (χ4v) is 2.03. The lowest BCUT2D eigenvalue weighted by molar-refractivity contribution is -0.117. The third-order valence-corrected chi connectivity index (χ3v) is 3.29. The lowest BCUT2D eigenvalue weighted by Crippen LogP contribution is -2.40. The Kier molecular flexibility index (Phi) is 7.83. The van der Waals surface area contributed by atoms with Gasteiger partial charge in [0, 0.05) is 25.2 Å². The number of hydrogen-bond donors (Lipinski definition) is 4. The summed E-state index contributed by atoms with van der Waals surface area (Å²) >= 11 is 0. The summed E-state index contributed by atoms with van der Waals surface area (Å²) in [5.74, 6) is -0.134. The number of carbonyl (C=O) groups is 1. The highest BCUT2D eigenvalue weighted by atomic mass is 16.4. The van der Waals surface area contributed by atoms with Crippen LogP contribution in [0, 0.1) is 0 Å². The number of rotatable bonds is 9. The Morgan fingerprint density at radius 2 is 2.05 bits per heavy atom. The van der Waals surface area contributed by atoms with Crippen molar-refractivity contribution in [1.82, 2.24) is 15.8 Å². The fraction of sp³-hybridized carbons (Fsp3) is 0.400. The summed E-state index contributed by atoms with van der Waals surface area (Å²) in [6.07, 6.45) is 0.768. The van der Waals surface area contributed by atoms with Gasteiger partial charge in [-0.05, 0) is 31.4 Å². The van der Waals surface area contributed by atoms with E-state index < -0.39 is 7.12 Å². The van der Waals surface area contributed by atoms with Crippen LogP contribution in [-0.4, -0.2) is 48.2 Å². The van der Waals surface area contributed by atoms with Gasteiger partial charge in [0.1, 0.15) is 0 Å². The van der Waals surface area contributed by atoms with Gasteiger partial charge in [0.25, 0.3) is 0 Å². The van der Waals surface area contributed by atoms with Crippen LogP contribution in [-0.2, 0) is 11.3 Å². The normalized spacial score (nSPS) is 10.6. The summed E-state index contributed by atoms with van der Waals surface area (Å²) in [6.45, 7) is 7.07. The Morgan fingerprint density at radius 1 is 1.36 bits per heavy atom. The van der Waals surface area contributed by atoms with Crippen molar-refractivity contribution in [3.8, 4) is 0 Å². The summed E-state index contributed by atoms with van der Waals surface area (Å²) in [4.78, 5) is 11.4. The molecule has 0 unspecified atom stereocenters. The lowest BCUT2D eigenvalue weighted by atomic mass is 9.77. The Balaban J connectivity index is 2.49. The van der Waals surface area contributed by atoms with Gasteiger partial charge >= 0.3 is 7.12 Å². The zero-order valence-electron chi connectivity index (χ0n) is 13.2. The number of nitrogens with one attached hydrogen (secondary N) is 2. The topological polar surface area (TPSA) is 84.8 Å². The Bertz CT molecular complexity index is 509. The van der Waals surface area contributed by atoms with Gasteiger partial charge in [0.15, 0.2) is 0 Å². The second-order valence-electron chi connectivity index (χ2n) is 5.11. The molecule has 22 heavy (non-hydrogen) atoms. The van der Waals surface area contributed by atoms with E-state index in [1.54, 1.807) is 19.1 Å². The molecule has 0 aromatic heterocycles. The predicted octanol–water partition coefficient (Wildman–Crippen LogP) is -0.615. The molecule has 1 aromatic rings. The number of carbonyl (C=O) groups excluding carboxylic acids is 1. The molecular weight excluding hydrogens is 281 g/mol. The molecule has 0 bridgehead atoms. The molecule has 0 aliphatic rings. The van der Waals surface area contributed by atoms with Crippen molar-refractivity contribution < 1.29 is 14.8 Å². The largest absolute Gasteiger partial charge is 0.488 e. The van der Waals surface area contributed by atoms with Gasteiger partial charge < -0.3 is 15.4 Å². The molecule has 0 saturated carbocycles. The van der Waals surface area contributed by atoms with Crippen LogP contribution < -0.4 is 16.2 Å². The number of amides is 1. The van der Waals surface area contributed by atoms with Crippen LogP contribution >= 0.6 is 0 Å². The van der Waals surface area contributed by atoms with Crippen LogP contribution in [0.3, 0.4) is 0 Å². The van der Waals surface area contributed by atoms with Crippen LogP contribution in [0.1, 0.15) is 18.9 Å². The zero-order valence-corrected chi connectivity index (χ0v) is 13.2. The minimum Gasteiger partial charge on any atom is -0.423 e. The van der Waals surface area contributed by atoms with Crippen molar-refractivity contribution in [3.05, 3.63) is 42.0 Å². The number of hydrogen-bond acceptors (Lipinski definition) is 5. The molecule has 0 atom stereocenters. The van der Waals surface area contributed by atoms with E-state index in [0.29, 0.717) is 30.7 Å². The van der Waals surface area contributed by atoms with Crippen LogP contribution in [0.2, 0.25) is 0 Å². The summed E-state index contributed by atoms with van der Waals surface area (Å²) in [7, 11) is 0.328. The average molecular weight is 305 g/mol. The SMILES string of the molecule is C=C(C)C(=O)NCCCN(Cc1ccccc1B(O)O)NC. The van der Waals surface area contributed by atoms with E-state index in [2.05, 4.69) is 17.3 Å². The van der Waals surface area contributed by atoms with E-state index in [9.17, 15) is 14.8 Å². The Labute approximate surface area is 131 Å². The second kappa shape index (κ2) is 9.37. The Morgan fingerprint density at radius 3 is 2.64 bits per heavy atom. The van der Waals surface area contributed by atoms with Crippen LogP contribution in [0.25, 0.3) is 0 Å². The molecule has 1 rings (SSSR count). The standard InChI is InChI=1S/C15H24BN3O3/c1-12(2)15(20)18-9-6-10-19(17-3)11-13-7-4-5-8-14(13)16(21)22/h4-5,7-8,17,21-22H,1,6,9-11H2,2-3H3,(H,18,20). The van der Waals surface area contributed by atoms with Crippen molar-refractivity contribution in [3.63, 3.8) is 0 Å². The molecular formula is C15H24BN3O3. The Hall–Kier alpha value is -1.67. The maximum atomic E-state index is 11.4. The third kappa shape index (κ3) is 5.99. The predicted molar refractivity (Wildman–Crippen MR) is 88.2 cm³/mol. The second-order valence-corrected chi connectivity index (χ2v) is 5.11. The first kappa shape index (κ1) is 18.4. The minimum atomic E-state index is -1.48. The smallest absolute Gasteiger partial charge is 0.423 e. The quantitative estimate of drug-likeness (QED) is 0.212. The molecule has 4 N–H and O–H groups in total. The fourth-order valence-electron chi connectivity index (χ4n) is 2.03. The first-order valence-corrected chi connectivity index (χ1v) is 7.25. The summed E-state index contributed by atoms with van der Waals surface area (Å²) < 4.78 is 0. The molecule has 0 saturated heterocycles. The van der Waals surface area contributed by atoms with E-state index in [1.807, 2.05) is 24.2 Å². The monoisotopic (exact) mass is 305 g/mol. The highest BCUT2D eigenvalue weighted by Crippen LogP contribution is 2.02. The van der Waals surface area contributed by atoms with Crippen molar-refractivity contribution in [1.29, 1.82) is 0 Å². The van der Waals surface area contributed by atoms with Gasteiger partial charge in [-0.1, -0.05) is 30.8 Å². The maximum absolute atomic E-state index is 11.4. The lowest BCUT2D eigenvalue weighted by Gasteiger charge is -2.22. The molecule has 0 aliphatic carbocycles. The zero-order chi connectivity index (χ0) is 16.5. The molecule has 0 spiro atoms. The molecule has 0 heterocycles. The molecule has 0 fully saturated rings. The molecule has 7 heteroatoms. The van der Waals surface area contributed by atoms with Gasteiger partial charge in [-0.2, -0.15) is 0 Å². The van der Waals surface area contributed by atoms with E-state index in [4.69, 9.17) is 0 Å². The van der Waals surface area contributed by atoms with Gasteiger partial charge in [0.05, 0.1) is 0 Å². The van der Waals surface area contributed by atoms with Crippen molar-refractivity contribution in [2.45, 2.75) is 19.9 Å². The van der Waals surface area contributed by atoms with Gasteiger partial charge in [0.2, 0.25) is 5.91 Å². The van der Waals surface area contributed by atoms with E-state index >= 15 is 0 Å². The minimum absolute atomic E-state index is 0.134. The summed E-state index contributed by atoms with van der Waals surface area (Å²) in [6, 6.07) is 7.19. The van der Waals surface area contributed by atoms with Gasteiger partial charge in [-0.25, -0.2) is 5.01 Å². The van der Waals surface area contributed by atoms with Crippen molar-refractivity contribution >= 4 is 18.5 Å². The third-order valence-electron chi connectivity index (χ3n) is 3.29. The van der Waals surface area contributed by atoms with Crippen molar-refractivity contribution in [2.24, 2.45) is 0 Å². The first-order valence-electron chi connectivity index (χ1n) is 7.25. The van der Waals surface area contributed by atoms with Crippen molar-refractivity contribution in [2.75, 3.05) is 20.1 Å². The first-order chi connectivity index (χ1) is 10.5. The maximum Gasteiger partial charge on any atom is 0.488 e. The van der Waals surface area contributed by atoms with Crippen LogP contribution in [0.4, 0.5) is 0 Å². The number of nitrogens with zero attached hydrogens (tertiary/aromatic N) is 1. The average Bonchev–Trinajstić information content (AvgIpc) is 2.50. The summed E-state index contributed by atoms with van der Waals surface area (Å²) in [5, 5.41) is 23.5.